The Kier molecular flexibility index (Phi) is 11.0. The predicted molar refractivity (Wildman–Crippen MR) is 150 cm³/mol. The first-order valence-electron chi connectivity index (χ1n) is 13.0. The summed E-state index contributed by atoms with van der Waals surface area (Å²) in [5, 5.41) is 10.3. The zero-order valence-electron chi connectivity index (χ0n) is 23.4. The number of ether oxygens (including phenoxy) is 3. The number of carbonyl (C=O) groups excluding carboxylic acids is 1. The summed E-state index contributed by atoms with van der Waals surface area (Å²) in [5.41, 5.74) is 2.51. The van der Waals surface area contributed by atoms with Crippen LogP contribution >= 0.6 is 11.9 Å². The first kappa shape index (κ1) is 32.2. The maximum Gasteiger partial charge on any atom is 0.490 e. The number of nitrogens with zero attached hydrogens (tertiary/aromatic N) is 1. The SMILES string of the molecule is COc1ccc(CSNC(=O)NC2CCC3(c4ccc(OC)c(OC)c4)CCN(C)C3C2)cc1.O=C(O)C(F)(F)F. The molecular weight excluding hydrogens is 563 g/mol. The van der Waals surface area contributed by atoms with Gasteiger partial charge in [-0.15, -0.1) is 0 Å². The van der Waals surface area contributed by atoms with E-state index < -0.39 is 12.1 Å². The van der Waals surface area contributed by atoms with Crippen LogP contribution in [0.2, 0.25) is 0 Å². The van der Waals surface area contributed by atoms with Crippen LogP contribution in [0.5, 0.6) is 17.2 Å². The summed E-state index contributed by atoms with van der Waals surface area (Å²) in [4.78, 5) is 23.9. The van der Waals surface area contributed by atoms with Gasteiger partial charge < -0.3 is 29.5 Å². The molecule has 0 spiro atoms. The number of likely N-dealkylation sites (tertiary alicyclic amines) is 1. The molecule has 0 aromatic heterocycles. The first-order valence-corrected chi connectivity index (χ1v) is 14.0. The molecule has 2 aromatic rings. The number of fused-ring (bicyclic) bond motifs is 1. The highest BCUT2D eigenvalue weighted by Gasteiger charge is 2.50. The van der Waals surface area contributed by atoms with Gasteiger partial charge in [-0.25, -0.2) is 9.59 Å². The number of urea groups is 1. The molecule has 0 radical (unpaired) electrons. The number of alkyl halides is 3. The van der Waals surface area contributed by atoms with Crippen LogP contribution in [0.25, 0.3) is 0 Å². The Morgan fingerprint density at radius 1 is 1.05 bits per heavy atom. The van der Waals surface area contributed by atoms with E-state index in [-0.39, 0.29) is 17.5 Å². The summed E-state index contributed by atoms with van der Waals surface area (Å²) < 4.78 is 50.9. The number of benzene rings is 2. The number of halogens is 3. The number of nitrogens with one attached hydrogen (secondary N) is 2. The fourth-order valence-electron chi connectivity index (χ4n) is 5.52. The highest BCUT2D eigenvalue weighted by Crippen LogP contribution is 2.49. The van der Waals surface area contributed by atoms with Crippen molar-refractivity contribution < 1.29 is 42.1 Å². The monoisotopic (exact) mass is 599 g/mol. The summed E-state index contributed by atoms with van der Waals surface area (Å²) in [6.45, 7) is 1.05. The predicted octanol–water partition coefficient (Wildman–Crippen LogP) is 4.99. The van der Waals surface area contributed by atoms with Crippen LogP contribution in [0, 0.1) is 0 Å². The number of hydrogen-bond acceptors (Lipinski definition) is 7. The second kappa shape index (κ2) is 14.0. The zero-order chi connectivity index (χ0) is 30.2. The van der Waals surface area contributed by atoms with Gasteiger partial charge in [-0.2, -0.15) is 13.2 Å². The van der Waals surface area contributed by atoms with Gasteiger partial charge in [0.15, 0.2) is 11.5 Å². The summed E-state index contributed by atoms with van der Waals surface area (Å²) in [7, 11) is 7.20. The maximum atomic E-state index is 12.6. The molecule has 2 amide bonds. The maximum absolute atomic E-state index is 12.6. The van der Waals surface area contributed by atoms with Gasteiger partial charge in [-0.1, -0.05) is 18.2 Å². The van der Waals surface area contributed by atoms with E-state index in [1.54, 1.807) is 21.3 Å². The van der Waals surface area contributed by atoms with Gasteiger partial charge in [-0.3, -0.25) is 4.72 Å². The molecule has 1 heterocycles. The minimum Gasteiger partial charge on any atom is -0.497 e. The van der Waals surface area contributed by atoms with Crippen molar-refractivity contribution in [2.75, 3.05) is 34.9 Å². The molecule has 4 rings (SSSR count). The van der Waals surface area contributed by atoms with Crippen LogP contribution in [0.3, 0.4) is 0 Å². The lowest BCUT2D eigenvalue weighted by Gasteiger charge is -2.45. The van der Waals surface area contributed by atoms with Crippen molar-refractivity contribution in [3.8, 4) is 17.2 Å². The van der Waals surface area contributed by atoms with E-state index in [4.69, 9.17) is 24.1 Å². The van der Waals surface area contributed by atoms with Crippen LogP contribution in [0.1, 0.15) is 36.8 Å². The fourth-order valence-corrected chi connectivity index (χ4v) is 6.14. The molecule has 9 nitrogen and oxygen atoms in total. The topological polar surface area (TPSA) is 109 Å². The average molecular weight is 600 g/mol. The van der Waals surface area contributed by atoms with Crippen molar-refractivity contribution in [1.82, 2.24) is 14.9 Å². The highest BCUT2D eigenvalue weighted by molar-refractivity contribution is 7.97. The quantitative estimate of drug-likeness (QED) is 0.365. The van der Waals surface area contributed by atoms with Crippen LogP contribution in [-0.2, 0) is 16.0 Å². The van der Waals surface area contributed by atoms with Gasteiger partial charge in [0.2, 0.25) is 0 Å². The molecule has 226 valence electrons. The smallest absolute Gasteiger partial charge is 0.490 e. The molecule has 0 bridgehead atoms. The van der Waals surface area contributed by atoms with Gasteiger partial charge >= 0.3 is 18.2 Å². The second-order valence-corrected chi connectivity index (χ2v) is 10.7. The van der Waals surface area contributed by atoms with E-state index in [1.807, 2.05) is 30.3 Å². The summed E-state index contributed by atoms with van der Waals surface area (Å²) in [6, 6.07) is 14.6. The van der Waals surface area contributed by atoms with Gasteiger partial charge in [0.05, 0.1) is 21.3 Å². The standard InChI is InChI=1S/C26H35N3O4S.C2HF3O2/c1-29-14-13-26(19-7-10-22(32-3)23(15-19)33-4)12-11-20(16-24(26)29)27-25(30)28-34-17-18-5-8-21(31-2)9-6-18;3-2(4,5)1(6)7/h5-10,15,20,24H,11-14,16-17H2,1-4H3,(H2,27,28,30);(H,6,7). The molecule has 2 fully saturated rings. The van der Waals surface area contributed by atoms with E-state index in [0.717, 1.165) is 55.0 Å². The van der Waals surface area contributed by atoms with Gasteiger partial charge in [-0.05, 0) is 86.6 Å². The van der Waals surface area contributed by atoms with Crippen molar-refractivity contribution in [3.05, 3.63) is 53.6 Å². The van der Waals surface area contributed by atoms with Gasteiger partial charge in [0.25, 0.3) is 0 Å². The lowest BCUT2D eigenvalue weighted by Crippen LogP contribution is -2.52. The second-order valence-electron chi connectivity index (χ2n) is 9.96. The number of carboxylic acid groups (broad SMARTS) is 1. The molecule has 2 aromatic carbocycles. The zero-order valence-corrected chi connectivity index (χ0v) is 24.2. The Balaban J connectivity index is 0.000000587. The van der Waals surface area contributed by atoms with Crippen molar-refractivity contribution in [2.24, 2.45) is 0 Å². The van der Waals surface area contributed by atoms with E-state index in [9.17, 15) is 18.0 Å². The third-order valence-corrected chi connectivity index (χ3v) is 8.43. The third kappa shape index (κ3) is 8.13. The van der Waals surface area contributed by atoms with E-state index in [1.165, 1.54) is 17.5 Å². The van der Waals surface area contributed by atoms with Crippen molar-refractivity contribution in [1.29, 1.82) is 0 Å². The van der Waals surface area contributed by atoms with Crippen LogP contribution in [0.15, 0.2) is 42.5 Å². The number of amides is 2. The lowest BCUT2D eigenvalue weighted by atomic mass is 9.65. The Labute approximate surface area is 241 Å². The molecule has 1 saturated carbocycles. The molecule has 3 N–H and O–H groups in total. The molecule has 1 aliphatic carbocycles. The van der Waals surface area contributed by atoms with Crippen molar-refractivity contribution in [3.63, 3.8) is 0 Å². The molecule has 3 unspecified atom stereocenters. The molecule has 2 aliphatic rings. The molecule has 41 heavy (non-hydrogen) atoms. The van der Waals surface area contributed by atoms with Crippen molar-refractivity contribution in [2.45, 2.75) is 55.1 Å². The molecule has 1 saturated heterocycles. The molecule has 3 atom stereocenters. The fraction of sp³-hybridized carbons (Fsp3) is 0.500. The number of carbonyl (C=O) groups is 2. The number of carboxylic acids is 1. The third-order valence-electron chi connectivity index (χ3n) is 7.63. The number of aliphatic carboxylic acids is 1. The highest BCUT2D eigenvalue weighted by atomic mass is 32.2. The molecule has 1 aliphatic heterocycles. The number of rotatable bonds is 8. The normalized spacial score (nSPS) is 22.0. The number of methoxy groups -OCH3 is 3. The van der Waals surface area contributed by atoms with Crippen LogP contribution < -0.4 is 24.2 Å². The van der Waals surface area contributed by atoms with Crippen LogP contribution in [0.4, 0.5) is 18.0 Å². The summed E-state index contributed by atoms with van der Waals surface area (Å²) in [6.07, 6.45) is -1.06. The largest absolute Gasteiger partial charge is 0.497 e. The Bertz CT molecular complexity index is 1180. The van der Waals surface area contributed by atoms with E-state index >= 15 is 0 Å². The molecule has 13 heteroatoms. The molecular formula is C28H36F3N3O6S. The first-order chi connectivity index (χ1) is 19.4. The van der Waals surface area contributed by atoms with Crippen molar-refractivity contribution >= 4 is 23.9 Å². The lowest BCUT2D eigenvalue weighted by molar-refractivity contribution is -0.192. The summed E-state index contributed by atoms with van der Waals surface area (Å²) >= 11 is 1.40. The minimum atomic E-state index is -5.08. The Hall–Kier alpha value is -3.32. The van der Waals surface area contributed by atoms with Gasteiger partial charge in [0.1, 0.15) is 5.75 Å². The minimum absolute atomic E-state index is 0.0755. The Morgan fingerprint density at radius 3 is 2.29 bits per heavy atom. The number of hydrogen-bond donors (Lipinski definition) is 3. The van der Waals surface area contributed by atoms with Crippen LogP contribution in [-0.4, -0.2) is 75.2 Å². The summed E-state index contributed by atoms with van der Waals surface area (Å²) in [5.74, 6) is 0.307. The number of likely N-dealkylation sites (N-methyl/N-ethyl adjacent to an activating group) is 1. The van der Waals surface area contributed by atoms with E-state index in [0.29, 0.717) is 11.8 Å². The average Bonchev–Trinajstić information content (AvgIpc) is 3.29. The van der Waals surface area contributed by atoms with Gasteiger partial charge in [0, 0.05) is 23.3 Å². The Morgan fingerprint density at radius 2 is 1.71 bits per heavy atom. The van der Waals surface area contributed by atoms with E-state index in [2.05, 4.69) is 34.1 Å².